The van der Waals surface area contributed by atoms with Gasteiger partial charge in [-0.25, -0.2) is 0 Å². The van der Waals surface area contributed by atoms with Crippen LogP contribution in [0.25, 0.3) is 0 Å². The molecule has 4 heteroatoms. The molecule has 0 unspecified atom stereocenters. The van der Waals surface area contributed by atoms with Gasteiger partial charge >= 0.3 is 0 Å². The Morgan fingerprint density at radius 1 is 1.56 bits per heavy atom. The van der Waals surface area contributed by atoms with Gasteiger partial charge in [0.2, 0.25) is 0 Å². The quantitative estimate of drug-likeness (QED) is 0.491. The van der Waals surface area contributed by atoms with Crippen LogP contribution in [0.3, 0.4) is 0 Å². The second kappa shape index (κ2) is 2.84. The van der Waals surface area contributed by atoms with E-state index in [4.69, 9.17) is 26.6 Å². The molecule has 0 bridgehead atoms. The van der Waals surface area contributed by atoms with Crippen LogP contribution in [0.1, 0.15) is 0 Å². The summed E-state index contributed by atoms with van der Waals surface area (Å²) in [6.45, 7) is 0.193. The van der Waals surface area contributed by atoms with E-state index in [1.165, 1.54) is 0 Å². The van der Waals surface area contributed by atoms with Crippen LogP contribution in [-0.4, -0.2) is 41.0 Å². The topological polar surface area (TPSA) is 49.7 Å². The van der Waals surface area contributed by atoms with Crippen molar-refractivity contribution in [2.24, 2.45) is 0 Å². The summed E-state index contributed by atoms with van der Waals surface area (Å²) in [5.74, 6) is 0.234. The Labute approximate surface area is 58.2 Å². The molecular weight excluding hydrogens is 144 g/mol. The summed E-state index contributed by atoms with van der Waals surface area (Å²) in [5.41, 5.74) is 0. The maximum Gasteiger partial charge on any atom is 0.109 e. The lowest BCUT2D eigenvalue weighted by Gasteiger charge is -2.09. The molecule has 0 radical (unpaired) electrons. The van der Waals surface area contributed by atoms with Crippen LogP contribution in [0.4, 0.5) is 0 Å². The van der Waals surface area contributed by atoms with Crippen LogP contribution in [-0.2, 0) is 4.74 Å². The third-order valence-corrected chi connectivity index (χ3v) is 1.71. The van der Waals surface area contributed by atoms with Crippen LogP contribution in [0, 0.1) is 0 Å². The van der Waals surface area contributed by atoms with Gasteiger partial charge in [-0.05, 0) is 0 Å². The van der Waals surface area contributed by atoms with Gasteiger partial charge in [0, 0.05) is 0 Å². The molecule has 1 aliphatic heterocycles. The third kappa shape index (κ3) is 1.35. The van der Waals surface area contributed by atoms with Gasteiger partial charge in [-0.15, -0.1) is 11.6 Å². The Kier molecular flexibility index (Phi) is 2.29. The predicted molar refractivity (Wildman–Crippen MR) is 32.5 cm³/mol. The number of ether oxygens (including phenoxy) is 1. The normalized spacial score (nSPS) is 43.7. The largest absolute Gasteiger partial charge is 0.388 e. The molecule has 2 N–H and O–H groups in total. The number of alkyl halides is 1. The highest BCUT2D eigenvalue weighted by molar-refractivity contribution is 6.18. The molecule has 3 atom stereocenters. The SMILES string of the molecule is O[C@H]1[C@@H](O)CO[C@@H]1CCl. The van der Waals surface area contributed by atoms with Gasteiger partial charge < -0.3 is 14.9 Å². The first-order valence-corrected chi connectivity index (χ1v) is 3.33. The highest BCUT2D eigenvalue weighted by Crippen LogP contribution is 2.14. The minimum Gasteiger partial charge on any atom is -0.388 e. The summed E-state index contributed by atoms with van der Waals surface area (Å²) in [5, 5.41) is 17.9. The zero-order valence-electron chi connectivity index (χ0n) is 4.83. The van der Waals surface area contributed by atoms with Crippen molar-refractivity contribution in [3.05, 3.63) is 0 Å². The fraction of sp³-hybridized carbons (Fsp3) is 1.00. The van der Waals surface area contributed by atoms with E-state index in [1.54, 1.807) is 0 Å². The van der Waals surface area contributed by atoms with Crippen molar-refractivity contribution >= 4 is 11.6 Å². The predicted octanol–water partition coefficient (Wildman–Crippen LogP) is -0.654. The second-order valence-corrected chi connectivity index (χ2v) is 2.39. The van der Waals surface area contributed by atoms with E-state index in [9.17, 15) is 0 Å². The number of rotatable bonds is 1. The minimum absolute atomic E-state index is 0.193. The van der Waals surface area contributed by atoms with E-state index in [2.05, 4.69) is 0 Å². The number of aliphatic hydroxyl groups is 2. The molecule has 9 heavy (non-hydrogen) atoms. The van der Waals surface area contributed by atoms with Crippen LogP contribution in [0.2, 0.25) is 0 Å². The van der Waals surface area contributed by atoms with Gasteiger partial charge in [-0.1, -0.05) is 0 Å². The molecule has 0 saturated carbocycles. The Hall–Kier alpha value is 0.170. The van der Waals surface area contributed by atoms with Crippen molar-refractivity contribution in [2.75, 3.05) is 12.5 Å². The standard InChI is InChI=1S/C5H9ClO3/c6-1-4-5(8)3(7)2-9-4/h3-5,7-8H,1-2H2/t3-,4+,5-/m0/s1. The first-order chi connectivity index (χ1) is 4.25. The monoisotopic (exact) mass is 152 g/mol. The van der Waals surface area contributed by atoms with Crippen LogP contribution >= 0.6 is 11.6 Å². The number of hydrogen-bond donors (Lipinski definition) is 2. The van der Waals surface area contributed by atoms with Crippen molar-refractivity contribution < 1.29 is 14.9 Å². The Balaban J connectivity index is 2.41. The maximum absolute atomic E-state index is 9.00. The molecule has 1 aliphatic rings. The zero-order valence-corrected chi connectivity index (χ0v) is 5.58. The Morgan fingerprint density at radius 2 is 2.22 bits per heavy atom. The first-order valence-electron chi connectivity index (χ1n) is 2.79. The van der Waals surface area contributed by atoms with Gasteiger partial charge in [-0.3, -0.25) is 0 Å². The maximum atomic E-state index is 9.00. The van der Waals surface area contributed by atoms with Gasteiger partial charge in [0.15, 0.2) is 0 Å². The highest BCUT2D eigenvalue weighted by Gasteiger charge is 2.33. The van der Waals surface area contributed by atoms with Crippen LogP contribution < -0.4 is 0 Å². The summed E-state index contributed by atoms with van der Waals surface area (Å²) in [4.78, 5) is 0. The van der Waals surface area contributed by atoms with Gasteiger partial charge in [0.25, 0.3) is 0 Å². The summed E-state index contributed by atoms with van der Waals surface area (Å²) in [6.07, 6.45) is -1.95. The smallest absolute Gasteiger partial charge is 0.109 e. The minimum atomic E-state index is -0.803. The molecule has 1 rings (SSSR count). The lowest BCUT2D eigenvalue weighted by atomic mass is 10.2. The van der Waals surface area contributed by atoms with Gasteiger partial charge in [0.1, 0.15) is 12.2 Å². The molecule has 1 saturated heterocycles. The summed E-state index contributed by atoms with van der Waals surface area (Å²) in [6, 6.07) is 0. The average Bonchev–Trinajstić information content (AvgIpc) is 2.15. The lowest BCUT2D eigenvalue weighted by molar-refractivity contribution is 0.0332. The van der Waals surface area contributed by atoms with E-state index in [0.29, 0.717) is 0 Å². The zero-order chi connectivity index (χ0) is 6.85. The van der Waals surface area contributed by atoms with E-state index < -0.39 is 12.2 Å². The summed E-state index contributed by atoms with van der Waals surface area (Å²) in [7, 11) is 0. The van der Waals surface area contributed by atoms with Crippen molar-refractivity contribution in [2.45, 2.75) is 18.3 Å². The Bertz CT molecular complexity index is 98.2. The van der Waals surface area contributed by atoms with E-state index in [0.717, 1.165) is 0 Å². The second-order valence-electron chi connectivity index (χ2n) is 2.08. The number of hydrogen-bond acceptors (Lipinski definition) is 3. The summed E-state index contributed by atoms with van der Waals surface area (Å²) >= 11 is 5.37. The molecule has 3 nitrogen and oxygen atoms in total. The first kappa shape index (κ1) is 7.28. The molecular formula is C5H9ClO3. The van der Waals surface area contributed by atoms with E-state index >= 15 is 0 Å². The molecule has 1 heterocycles. The van der Waals surface area contributed by atoms with E-state index in [1.807, 2.05) is 0 Å². The molecule has 0 spiro atoms. The van der Waals surface area contributed by atoms with Crippen molar-refractivity contribution in [1.29, 1.82) is 0 Å². The van der Waals surface area contributed by atoms with E-state index in [-0.39, 0.29) is 18.6 Å². The lowest BCUT2D eigenvalue weighted by Crippen LogP contribution is -2.30. The molecule has 54 valence electrons. The van der Waals surface area contributed by atoms with Gasteiger partial charge in [-0.2, -0.15) is 0 Å². The Morgan fingerprint density at radius 3 is 2.44 bits per heavy atom. The fourth-order valence-electron chi connectivity index (χ4n) is 0.803. The van der Waals surface area contributed by atoms with Crippen LogP contribution in [0.15, 0.2) is 0 Å². The summed E-state index contributed by atoms with van der Waals surface area (Å²) < 4.78 is 4.89. The molecule has 0 amide bonds. The molecule has 0 aromatic heterocycles. The van der Waals surface area contributed by atoms with Crippen molar-refractivity contribution in [1.82, 2.24) is 0 Å². The van der Waals surface area contributed by atoms with Gasteiger partial charge in [0.05, 0.1) is 18.6 Å². The molecule has 0 aromatic carbocycles. The number of aliphatic hydroxyl groups excluding tert-OH is 2. The number of halogens is 1. The molecule has 0 aromatic rings. The fourth-order valence-corrected chi connectivity index (χ4v) is 1.07. The molecule has 1 fully saturated rings. The van der Waals surface area contributed by atoms with Crippen molar-refractivity contribution in [3.63, 3.8) is 0 Å². The average molecular weight is 153 g/mol. The molecule has 0 aliphatic carbocycles. The highest BCUT2D eigenvalue weighted by atomic mass is 35.5. The third-order valence-electron chi connectivity index (χ3n) is 1.41. The van der Waals surface area contributed by atoms with Crippen LogP contribution in [0.5, 0.6) is 0 Å². The van der Waals surface area contributed by atoms with Crippen molar-refractivity contribution in [3.8, 4) is 0 Å².